The van der Waals surface area contributed by atoms with Gasteiger partial charge in [-0.15, -0.1) is 0 Å². The molecule has 4 fully saturated rings. The first-order valence-electron chi connectivity index (χ1n) is 8.39. The average molecular weight is 248 g/mol. The van der Waals surface area contributed by atoms with Gasteiger partial charge in [-0.25, -0.2) is 0 Å². The highest BCUT2D eigenvalue weighted by Crippen LogP contribution is 2.45. The van der Waals surface area contributed by atoms with Crippen molar-refractivity contribution in [2.24, 2.45) is 17.8 Å². The molecule has 2 nitrogen and oxygen atoms in total. The molecule has 0 aromatic heterocycles. The largest absolute Gasteiger partial charge is 0.314 e. The average Bonchev–Trinajstić information content (AvgIpc) is 3.14. The first-order valence-corrected chi connectivity index (χ1v) is 8.39. The zero-order chi connectivity index (χ0) is 11.9. The van der Waals surface area contributed by atoms with Crippen LogP contribution in [0.4, 0.5) is 0 Å². The molecule has 4 rings (SSSR count). The van der Waals surface area contributed by atoms with E-state index < -0.39 is 0 Å². The lowest BCUT2D eigenvalue weighted by Crippen LogP contribution is -2.47. The fourth-order valence-electron chi connectivity index (χ4n) is 5.48. The Kier molecular flexibility index (Phi) is 3.12. The molecule has 1 heterocycles. The zero-order valence-corrected chi connectivity index (χ0v) is 11.5. The first kappa shape index (κ1) is 11.7. The minimum atomic E-state index is 0.837. The van der Waals surface area contributed by atoms with Crippen LogP contribution in [0.1, 0.15) is 57.8 Å². The van der Waals surface area contributed by atoms with Gasteiger partial charge in [-0.2, -0.15) is 0 Å². The smallest absolute Gasteiger partial charge is 0.0113 e. The number of hydrogen-bond donors (Lipinski definition) is 2. The fraction of sp³-hybridized carbons (Fsp3) is 1.00. The highest BCUT2D eigenvalue weighted by atomic mass is 15.0. The molecule has 2 heteroatoms. The van der Waals surface area contributed by atoms with Gasteiger partial charge in [0.15, 0.2) is 0 Å². The summed E-state index contributed by atoms with van der Waals surface area (Å²) in [6.07, 6.45) is 13.3. The van der Waals surface area contributed by atoms with E-state index in [1.807, 2.05) is 0 Å². The van der Waals surface area contributed by atoms with E-state index in [1.54, 1.807) is 0 Å². The Morgan fingerprint density at radius 2 is 1.83 bits per heavy atom. The SMILES string of the molecule is C1CNC(C2CCCC2NC2CC3CCC2C3)C1. The lowest BCUT2D eigenvalue weighted by molar-refractivity contribution is 0.257. The molecule has 2 N–H and O–H groups in total. The van der Waals surface area contributed by atoms with Crippen LogP contribution in [0.5, 0.6) is 0 Å². The lowest BCUT2D eigenvalue weighted by atomic mass is 9.90. The molecule has 6 atom stereocenters. The Balaban J connectivity index is 1.38. The van der Waals surface area contributed by atoms with E-state index in [4.69, 9.17) is 0 Å². The second-order valence-electron chi connectivity index (χ2n) is 7.35. The molecule has 3 aliphatic carbocycles. The molecule has 4 aliphatic rings. The highest BCUT2D eigenvalue weighted by molar-refractivity contribution is 4.99. The Bertz CT molecular complexity index is 297. The summed E-state index contributed by atoms with van der Waals surface area (Å²) in [7, 11) is 0. The van der Waals surface area contributed by atoms with Gasteiger partial charge in [-0.3, -0.25) is 0 Å². The van der Waals surface area contributed by atoms with Crippen LogP contribution in [0.3, 0.4) is 0 Å². The van der Waals surface area contributed by atoms with E-state index in [1.165, 1.54) is 64.3 Å². The maximum absolute atomic E-state index is 4.10. The van der Waals surface area contributed by atoms with Gasteiger partial charge in [0, 0.05) is 18.1 Å². The van der Waals surface area contributed by atoms with Crippen LogP contribution in [-0.2, 0) is 0 Å². The monoisotopic (exact) mass is 248 g/mol. The maximum atomic E-state index is 4.10. The second kappa shape index (κ2) is 4.79. The van der Waals surface area contributed by atoms with Gasteiger partial charge in [0.2, 0.25) is 0 Å². The van der Waals surface area contributed by atoms with Crippen molar-refractivity contribution in [2.75, 3.05) is 6.54 Å². The van der Waals surface area contributed by atoms with Crippen molar-refractivity contribution in [1.29, 1.82) is 0 Å². The number of nitrogens with one attached hydrogen (secondary N) is 2. The third-order valence-corrected chi connectivity index (χ3v) is 6.35. The van der Waals surface area contributed by atoms with Crippen molar-refractivity contribution >= 4 is 0 Å². The number of rotatable bonds is 3. The third kappa shape index (κ3) is 2.02. The molecule has 18 heavy (non-hydrogen) atoms. The van der Waals surface area contributed by atoms with Crippen LogP contribution in [-0.4, -0.2) is 24.7 Å². The summed E-state index contributed by atoms with van der Waals surface area (Å²) in [5.74, 6) is 3.05. The first-order chi connectivity index (χ1) is 8.90. The topological polar surface area (TPSA) is 24.1 Å². The van der Waals surface area contributed by atoms with Crippen molar-refractivity contribution in [2.45, 2.75) is 75.9 Å². The molecule has 0 aromatic rings. The lowest BCUT2D eigenvalue weighted by Gasteiger charge is -2.32. The molecule has 2 bridgehead atoms. The van der Waals surface area contributed by atoms with Crippen molar-refractivity contribution in [3.63, 3.8) is 0 Å². The van der Waals surface area contributed by atoms with Gasteiger partial charge < -0.3 is 10.6 Å². The summed E-state index contributed by atoms with van der Waals surface area (Å²) in [4.78, 5) is 0. The van der Waals surface area contributed by atoms with Crippen molar-refractivity contribution in [1.82, 2.24) is 10.6 Å². The van der Waals surface area contributed by atoms with Crippen LogP contribution in [0.15, 0.2) is 0 Å². The summed E-state index contributed by atoms with van der Waals surface area (Å²) in [5.41, 5.74) is 0. The van der Waals surface area contributed by atoms with Crippen molar-refractivity contribution in [3.05, 3.63) is 0 Å². The Morgan fingerprint density at radius 3 is 2.56 bits per heavy atom. The van der Waals surface area contributed by atoms with Crippen molar-refractivity contribution in [3.8, 4) is 0 Å². The Morgan fingerprint density at radius 1 is 0.833 bits per heavy atom. The van der Waals surface area contributed by atoms with Gasteiger partial charge in [0.1, 0.15) is 0 Å². The number of fused-ring (bicyclic) bond motifs is 2. The molecule has 0 radical (unpaired) electrons. The second-order valence-corrected chi connectivity index (χ2v) is 7.35. The molecule has 6 unspecified atom stereocenters. The normalized spacial score (nSPS) is 51.3. The van der Waals surface area contributed by atoms with Crippen LogP contribution in [0.2, 0.25) is 0 Å². The van der Waals surface area contributed by atoms with E-state index in [2.05, 4.69) is 10.6 Å². The third-order valence-electron chi connectivity index (χ3n) is 6.35. The van der Waals surface area contributed by atoms with Crippen molar-refractivity contribution < 1.29 is 0 Å². The summed E-state index contributed by atoms with van der Waals surface area (Å²) in [5, 5.41) is 7.84. The molecule has 0 amide bonds. The summed E-state index contributed by atoms with van der Waals surface area (Å²) < 4.78 is 0. The van der Waals surface area contributed by atoms with Gasteiger partial charge >= 0.3 is 0 Å². The predicted molar refractivity (Wildman–Crippen MR) is 74.5 cm³/mol. The molecule has 0 spiro atoms. The van der Waals surface area contributed by atoms with Gasteiger partial charge in [0.05, 0.1) is 0 Å². The molecule has 3 saturated carbocycles. The molecule has 1 saturated heterocycles. The standard InChI is InChI=1S/C16H28N2/c1-3-13(14-5-2-8-17-14)15(4-1)18-16-10-11-6-7-12(16)9-11/h11-18H,1-10H2. The summed E-state index contributed by atoms with van der Waals surface area (Å²) >= 11 is 0. The van der Waals surface area contributed by atoms with E-state index in [0.29, 0.717) is 0 Å². The molecular formula is C16H28N2. The molecule has 0 aromatic carbocycles. The minimum absolute atomic E-state index is 0.837. The summed E-state index contributed by atoms with van der Waals surface area (Å²) in [6.45, 7) is 1.27. The summed E-state index contributed by atoms with van der Waals surface area (Å²) in [6, 6.07) is 2.56. The zero-order valence-electron chi connectivity index (χ0n) is 11.5. The Labute approximate surface area is 111 Å². The number of hydrogen-bond acceptors (Lipinski definition) is 2. The van der Waals surface area contributed by atoms with E-state index >= 15 is 0 Å². The van der Waals surface area contributed by atoms with Crippen LogP contribution in [0, 0.1) is 17.8 Å². The molecule has 1 aliphatic heterocycles. The van der Waals surface area contributed by atoms with E-state index in [-0.39, 0.29) is 0 Å². The van der Waals surface area contributed by atoms with E-state index in [0.717, 1.165) is 35.9 Å². The Hall–Kier alpha value is -0.0800. The van der Waals surface area contributed by atoms with E-state index in [9.17, 15) is 0 Å². The van der Waals surface area contributed by atoms with Crippen LogP contribution < -0.4 is 10.6 Å². The minimum Gasteiger partial charge on any atom is -0.314 e. The van der Waals surface area contributed by atoms with Crippen LogP contribution in [0.25, 0.3) is 0 Å². The predicted octanol–water partition coefficient (Wildman–Crippen LogP) is 2.69. The van der Waals surface area contributed by atoms with Gasteiger partial charge in [0.25, 0.3) is 0 Å². The molecular weight excluding hydrogens is 220 g/mol. The highest BCUT2D eigenvalue weighted by Gasteiger charge is 2.42. The van der Waals surface area contributed by atoms with Gasteiger partial charge in [-0.1, -0.05) is 12.8 Å². The van der Waals surface area contributed by atoms with Gasteiger partial charge in [-0.05, 0) is 69.2 Å². The van der Waals surface area contributed by atoms with Crippen LogP contribution >= 0.6 is 0 Å². The maximum Gasteiger partial charge on any atom is 0.0113 e. The molecule has 102 valence electrons. The quantitative estimate of drug-likeness (QED) is 0.802. The fourth-order valence-corrected chi connectivity index (χ4v) is 5.48.